The van der Waals surface area contributed by atoms with Crippen LogP contribution in [0, 0.1) is 0 Å². The Balaban J connectivity index is 2.32. The molecule has 98 valence electrons. The van der Waals surface area contributed by atoms with E-state index in [2.05, 4.69) is 20.8 Å². The maximum absolute atomic E-state index is 11.4. The molecule has 3 nitrogen and oxygen atoms in total. The van der Waals surface area contributed by atoms with Gasteiger partial charge >= 0.3 is 5.97 Å². The van der Waals surface area contributed by atoms with Crippen molar-refractivity contribution in [3.63, 3.8) is 0 Å². The summed E-state index contributed by atoms with van der Waals surface area (Å²) in [6, 6.07) is 7.76. The average Bonchev–Trinajstić information content (AvgIpc) is 2.23. The third-order valence-corrected chi connectivity index (χ3v) is 3.88. The first-order chi connectivity index (χ1) is 8.25. The topological polar surface area (TPSA) is 57.5 Å². The van der Waals surface area contributed by atoms with Gasteiger partial charge in [0.05, 0.1) is 11.5 Å². The molecule has 1 saturated carbocycles. The number of hydrogen-bond acceptors (Lipinski definition) is 2. The second-order valence-corrected chi connectivity index (χ2v) is 6.28. The highest BCUT2D eigenvalue weighted by Crippen LogP contribution is 2.44. The molecule has 0 unspecified atom stereocenters. The lowest BCUT2D eigenvalue weighted by molar-refractivity contribution is -0.152. The van der Waals surface area contributed by atoms with Gasteiger partial charge in [0.2, 0.25) is 0 Å². The standard InChI is InChI=1S/C15H20O3/c1-14(2,3)10-4-6-11(7-5-10)15(13(17)18)8-12(16)9-15/h4-7,12,16H,8-9H2,1-3H3,(H,17,18). The maximum Gasteiger partial charge on any atom is 0.314 e. The zero-order valence-electron chi connectivity index (χ0n) is 11.1. The zero-order chi connectivity index (χ0) is 13.6. The van der Waals surface area contributed by atoms with Crippen LogP contribution in [0.25, 0.3) is 0 Å². The highest BCUT2D eigenvalue weighted by Gasteiger charge is 2.51. The summed E-state index contributed by atoms with van der Waals surface area (Å²) in [5.74, 6) is -0.837. The lowest BCUT2D eigenvalue weighted by Crippen LogP contribution is -2.50. The largest absolute Gasteiger partial charge is 0.481 e. The minimum atomic E-state index is -0.879. The molecule has 0 spiro atoms. The van der Waals surface area contributed by atoms with E-state index in [4.69, 9.17) is 0 Å². The van der Waals surface area contributed by atoms with Gasteiger partial charge in [-0.2, -0.15) is 0 Å². The molecular formula is C15H20O3. The molecule has 1 aromatic rings. The second kappa shape index (κ2) is 4.09. The molecule has 3 heteroatoms. The summed E-state index contributed by atoms with van der Waals surface area (Å²) in [5.41, 5.74) is 1.17. The Morgan fingerprint density at radius 2 is 1.72 bits per heavy atom. The summed E-state index contributed by atoms with van der Waals surface area (Å²) < 4.78 is 0. The van der Waals surface area contributed by atoms with Crippen LogP contribution in [0.4, 0.5) is 0 Å². The molecule has 18 heavy (non-hydrogen) atoms. The summed E-state index contributed by atoms with van der Waals surface area (Å²) in [7, 11) is 0. The lowest BCUT2D eigenvalue weighted by atomic mass is 9.62. The van der Waals surface area contributed by atoms with Gasteiger partial charge in [0.15, 0.2) is 0 Å². The minimum absolute atomic E-state index is 0.0635. The van der Waals surface area contributed by atoms with Crippen LogP contribution in [0.5, 0.6) is 0 Å². The summed E-state index contributed by atoms with van der Waals surface area (Å²) >= 11 is 0. The first kappa shape index (κ1) is 13.1. The molecule has 1 aromatic carbocycles. The molecule has 1 aliphatic rings. The molecule has 1 aliphatic carbocycles. The van der Waals surface area contributed by atoms with Gasteiger partial charge in [0, 0.05) is 0 Å². The van der Waals surface area contributed by atoms with E-state index in [1.54, 1.807) is 0 Å². The van der Waals surface area contributed by atoms with E-state index < -0.39 is 17.5 Å². The summed E-state index contributed by atoms with van der Waals surface area (Å²) in [4.78, 5) is 11.4. The Hall–Kier alpha value is -1.35. The molecule has 0 aromatic heterocycles. The lowest BCUT2D eigenvalue weighted by Gasteiger charge is -2.42. The molecule has 2 rings (SSSR count). The van der Waals surface area contributed by atoms with Gasteiger partial charge in [-0.05, 0) is 29.4 Å². The SMILES string of the molecule is CC(C)(C)c1ccc(C2(C(=O)O)CC(O)C2)cc1. The predicted octanol–water partition coefficient (Wildman–Crippen LogP) is 2.46. The number of rotatable bonds is 2. The molecule has 0 radical (unpaired) electrons. The Morgan fingerprint density at radius 1 is 1.22 bits per heavy atom. The number of aliphatic hydroxyl groups is 1. The molecule has 2 N–H and O–H groups in total. The number of benzene rings is 1. The molecule has 0 amide bonds. The Morgan fingerprint density at radius 3 is 2.06 bits per heavy atom. The van der Waals surface area contributed by atoms with E-state index in [0.29, 0.717) is 12.8 Å². The zero-order valence-corrected chi connectivity index (χ0v) is 11.1. The molecule has 0 heterocycles. The highest BCUT2D eigenvalue weighted by molar-refractivity contribution is 5.83. The van der Waals surface area contributed by atoms with E-state index in [1.165, 1.54) is 5.56 Å². The fourth-order valence-corrected chi connectivity index (χ4v) is 2.57. The van der Waals surface area contributed by atoms with Gasteiger partial charge < -0.3 is 10.2 Å². The van der Waals surface area contributed by atoms with Gasteiger partial charge in [0.1, 0.15) is 0 Å². The Bertz CT molecular complexity index is 448. The van der Waals surface area contributed by atoms with Crippen molar-refractivity contribution in [1.29, 1.82) is 0 Å². The predicted molar refractivity (Wildman–Crippen MR) is 69.7 cm³/mol. The van der Waals surface area contributed by atoms with Crippen LogP contribution in [-0.4, -0.2) is 22.3 Å². The van der Waals surface area contributed by atoms with Crippen LogP contribution in [0.3, 0.4) is 0 Å². The van der Waals surface area contributed by atoms with Gasteiger partial charge in [0.25, 0.3) is 0 Å². The third kappa shape index (κ3) is 2.03. The summed E-state index contributed by atoms with van der Waals surface area (Å²) in [6.45, 7) is 6.38. The van der Waals surface area contributed by atoms with Gasteiger partial charge in [-0.3, -0.25) is 4.79 Å². The molecule has 0 atom stereocenters. The number of carbonyl (C=O) groups is 1. The quantitative estimate of drug-likeness (QED) is 0.845. The third-order valence-electron chi connectivity index (χ3n) is 3.88. The van der Waals surface area contributed by atoms with Crippen molar-refractivity contribution in [1.82, 2.24) is 0 Å². The fraction of sp³-hybridized carbons (Fsp3) is 0.533. The van der Waals surface area contributed by atoms with E-state index in [9.17, 15) is 15.0 Å². The van der Waals surface area contributed by atoms with Crippen LogP contribution in [0.15, 0.2) is 24.3 Å². The number of hydrogen-bond donors (Lipinski definition) is 2. The number of carboxylic acids is 1. The highest BCUT2D eigenvalue weighted by atomic mass is 16.4. The summed E-state index contributed by atoms with van der Waals surface area (Å²) in [6.07, 6.45) is 0.150. The number of aliphatic hydroxyl groups excluding tert-OH is 1. The van der Waals surface area contributed by atoms with Crippen LogP contribution in [-0.2, 0) is 15.6 Å². The molecule has 1 fully saturated rings. The molecule has 0 saturated heterocycles. The van der Waals surface area contributed by atoms with E-state index in [1.807, 2.05) is 24.3 Å². The van der Waals surface area contributed by atoms with E-state index in [-0.39, 0.29) is 5.41 Å². The van der Waals surface area contributed by atoms with Crippen LogP contribution in [0.1, 0.15) is 44.7 Å². The van der Waals surface area contributed by atoms with Crippen LogP contribution >= 0.6 is 0 Å². The van der Waals surface area contributed by atoms with Crippen molar-refractivity contribution >= 4 is 5.97 Å². The smallest absolute Gasteiger partial charge is 0.314 e. The van der Waals surface area contributed by atoms with Crippen molar-refractivity contribution in [2.75, 3.05) is 0 Å². The first-order valence-electron chi connectivity index (χ1n) is 6.28. The van der Waals surface area contributed by atoms with Crippen LogP contribution < -0.4 is 0 Å². The molecule has 0 aliphatic heterocycles. The monoisotopic (exact) mass is 248 g/mol. The minimum Gasteiger partial charge on any atom is -0.481 e. The van der Waals surface area contributed by atoms with E-state index in [0.717, 1.165) is 5.56 Å². The molecular weight excluding hydrogens is 228 g/mol. The molecule has 0 bridgehead atoms. The maximum atomic E-state index is 11.4. The van der Waals surface area contributed by atoms with Gasteiger partial charge in [-0.1, -0.05) is 45.0 Å². The van der Waals surface area contributed by atoms with Crippen molar-refractivity contribution < 1.29 is 15.0 Å². The average molecular weight is 248 g/mol. The Labute approximate surface area is 107 Å². The Kier molecular flexibility index (Phi) is 2.98. The van der Waals surface area contributed by atoms with Crippen molar-refractivity contribution in [3.8, 4) is 0 Å². The van der Waals surface area contributed by atoms with E-state index >= 15 is 0 Å². The number of carboxylic acid groups (broad SMARTS) is 1. The van der Waals surface area contributed by atoms with Gasteiger partial charge in [-0.25, -0.2) is 0 Å². The van der Waals surface area contributed by atoms with Crippen molar-refractivity contribution in [2.45, 2.75) is 50.5 Å². The number of aliphatic carboxylic acids is 1. The van der Waals surface area contributed by atoms with Gasteiger partial charge in [-0.15, -0.1) is 0 Å². The first-order valence-corrected chi connectivity index (χ1v) is 6.28. The van der Waals surface area contributed by atoms with Crippen molar-refractivity contribution in [3.05, 3.63) is 35.4 Å². The van der Waals surface area contributed by atoms with Crippen molar-refractivity contribution in [2.24, 2.45) is 0 Å². The summed E-state index contributed by atoms with van der Waals surface area (Å²) in [5, 5.41) is 18.8. The fourth-order valence-electron chi connectivity index (χ4n) is 2.57. The second-order valence-electron chi connectivity index (χ2n) is 6.28. The van der Waals surface area contributed by atoms with Crippen LogP contribution in [0.2, 0.25) is 0 Å². The normalized spacial score (nSPS) is 27.7.